The first-order chi connectivity index (χ1) is 8.72. The highest BCUT2D eigenvalue weighted by atomic mass is 16.5. The van der Waals surface area contributed by atoms with Gasteiger partial charge in [-0.25, -0.2) is 4.79 Å². The second-order valence-corrected chi connectivity index (χ2v) is 3.75. The molecule has 0 heterocycles. The fraction of sp³-hybridized carbons (Fsp3) is 0.0714. The van der Waals surface area contributed by atoms with Crippen LogP contribution in [0.2, 0.25) is 0 Å². The Hall–Kier alpha value is -2.49. The third-order valence-corrected chi connectivity index (χ3v) is 2.55. The molecular weight excluding hydrogens is 228 g/mol. The van der Waals surface area contributed by atoms with Gasteiger partial charge >= 0.3 is 5.97 Å². The van der Waals surface area contributed by atoms with Crippen molar-refractivity contribution in [1.82, 2.24) is 0 Å². The fourth-order valence-electron chi connectivity index (χ4n) is 1.66. The Morgan fingerprint density at radius 3 is 2.50 bits per heavy atom. The van der Waals surface area contributed by atoms with Crippen molar-refractivity contribution < 1.29 is 9.53 Å². The van der Waals surface area contributed by atoms with Gasteiger partial charge in [0.05, 0.1) is 24.0 Å². The van der Waals surface area contributed by atoms with E-state index in [1.54, 1.807) is 18.2 Å². The van der Waals surface area contributed by atoms with Crippen molar-refractivity contribution in [3.8, 4) is 0 Å². The first kappa shape index (κ1) is 12.0. The second-order valence-electron chi connectivity index (χ2n) is 3.75. The highest BCUT2D eigenvalue weighted by molar-refractivity contribution is 5.99. The smallest absolute Gasteiger partial charge is 0.340 e. The van der Waals surface area contributed by atoms with E-state index >= 15 is 0 Å². The number of anilines is 3. The number of esters is 1. The Bertz CT molecular complexity index is 553. The largest absolute Gasteiger partial charge is 0.465 e. The molecule has 18 heavy (non-hydrogen) atoms. The zero-order valence-corrected chi connectivity index (χ0v) is 10.0. The summed E-state index contributed by atoms with van der Waals surface area (Å²) in [5, 5.41) is 3.13. The lowest BCUT2D eigenvalue weighted by Crippen LogP contribution is -2.07. The molecule has 0 unspecified atom stereocenters. The van der Waals surface area contributed by atoms with Gasteiger partial charge in [-0.15, -0.1) is 0 Å². The first-order valence-corrected chi connectivity index (χ1v) is 5.51. The van der Waals surface area contributed by atoms with Gasteiger partial charge < -0.3 is 15.8 Å². The standard InChI is InChI=1S/C14H14N2O2/c1-18-14(17)11-8-5-9-12(15)13(11)16-10-6-3-2-4-7-10/h2-9,16H,15H2,1H3. The number of ether oxygens (including phenoxy) is 1. The van der Waals surface area contributed by atoms with Crippen LogP contribution >= 0.6 is 0 Å². The van der Waals surface area contributed by atoms with E-state index in [0.29, 0.717) is 16.9 Å². The lowest BCUT2D eigenvalue weighted by molar-refractivity contribution is 0.0602. The highest BCUT2D eigenvalue weighted by Crippen LogP contribution is 2.27. The van der Waals surface area contributed by atoms with Crippen LogP contribution in [0.5, 0.6) is 0 Å². The second kappa shape index (κ2) is 5.23. The number of rotatable bonds is 3. The van der Waals surface area contributed by atoms with Crippen molar-refractivity contribution >= 4 is 23.0 Å². The summed E-state index contributed by atoms with van der Waals surface area (Å²) in [5.41, 5.74) is 8.24. The van der Waals surface area contributed by atoms with Crippen LogP contribution < -0.4 is 11.1 Å². The maximum Gasteiger partial charge on any atom is 0.340 e. The van der Waals surface area contributed by atoms with Crippen LogP contribution in [-0.4, -0.2) is 13.1 Å². The third kappa shape index (κ3) is 2.43. The maximum atomic E-state index is 11.7. The Morgan fingerprint density at radius 2 is 1.83 bits per heavy atom. The topological polar surface area (TPSA) is 64.3 Å². The Kier molecular flexibility index (Phi) is 3.48. The number of carbonyl (C=O) groups is 1. The van der Waals surface area contributed by atoms with Gasteiger partial charge in [0.1, 0.15) is 0 Å². The molecule has 0 saturated heterocycles. The number of methoxy groups -OCH3 is 1. The van der Waals surface area contributed by atoms with E-state index in [9.17, 15) is 4.79 Å². The SMILES string of the molecule is COC(=O)c1cccc(N)c1Nc1ccccc1. The van der Waals surface area contributed by atoms with E-state index in [1.807, 2.05) is 30.3 Å². The number of nitrogens with two attached hydrogens (primary N) is 1. The van der Waals surface area contributed by atoms with Crippen LogP contribution in [0.1, 0.15) is 10.4 Å². The fourth-order valence-corrected chi connectivity index (χ4v) is 1.66. The van der Waals surface area contributed by atoms with E-state index in [0.717, 1.165) is 5.69 Å². The number of hydrogen-bond acceptors (Lipinski definition) is 4. The molecule has 0 bridgehead atoms. The van der Waals surface area contributed by atoms with E-state index in [4.69, 9.17) is 10.5 Å². The van der Waals surface area contributed by atoms with Gasteiger partial charge in [0.25, 0.3) is 0 Å². The zero-order chi connectivity index (χ0) is 13.0. The molecule has 0 amide bonds. The molecule has 2 rings (SSSR count). The van der Waals surface area contributed by atoms with E-state index in [2.05, 4.69) is 5.32 Å². The third-order valence-electron chi connectivity index (χ3n) is 2.55. The van der Waals surface area contributed by atoms with Crippen LogP contribution in [0.15, 0.2) is 48.5 Å². The van der Waals surface area contributed by atoms with Crippen LogP contribution in [0.25, 0.3) is 0 Å². The summed E-state index contributed by atoms with van der Waals surface area (Å²) in [7, 11) is 1.35. The number of benzene rings is 2. The van der Waals surface area contributed by atoms with Gasteiger partial charge in [0, 0.05) is 5.69 Å². The molecule has 2 aromatic carbocycles. The number of nitrogens with one attached hydrogen (secondary N) is 1. The molecule has 3 N–H and O–H groups in total. The zero-order valence-electron chi connectivity index (χ0n) is 10.0. The molecule has 2 aromatic rings. The quantitative estimate of drug-likeness (QED) is 0.641. The predicted molar refractivity (Wildman–Crippen MR) is 71.9 cm³/mol. The Labute approximate surface area is 105 Å². The minimum atomic E-state index is -0.416. The lowest BCUT2D eigenvalue weighted by Gasteiger charge is -2.13. The van der Waals surface area contributed by atoms with Crippen LogP contribution in [0.4, 0.5) is 17.1 Å². The molecule has 4 heteroatoms. The normalized spacial score (nSPS) is 9.83. The predicted octanol–water partition coefficient (Wildman–Crippen LogP) is 2.80. The van der Waals surface area contributed by atoms with E-state index in [-0.39, 0.29) is 0 Å². The van der Waals surface area contributed by atoms with E-state index in [1.165, 1.54) is 7.11 Å². The van der Waals surface area contributed by atoms with Crippen molar-refractivity contribution in [2.75, 3.05) is 18.2 Å². The van der Waals surface area contributed by atoms with Crippen molar-refractivity contribution in [1.29, 1.82) is 0 Å². The van der Waals surface area contributed by atoms with Crippen molar-refractivity contribution in [3.05, 3.63) is 54.1 Å². The molecule has 0 aliphatic rings. The van der Waals surface area contributed by atoms with Gasteiger partial charge in [-0.2, -0.15) is 0 Å². The summed E-state index contributed by atoms with van der Waals surface area (Å²) >= 11 is 0. The molecular formula is C14H14N2O2. The molecule has 0 radical (unpaired) electrons. The highest BCUT2D eigenvalue weighted by Gasteiger charge is 2.13. The van der Waals surface area contributed by atoms with Crippen LogP contribution in [0, 0.1) is 0 Å². The average molecular weight is 242 g/mol. The van der Waals surface area contributed by atoms with Crippen molar-refractivity contribution in [2.45, 2.75) is 0 Å². The number of hydrogen-bond donors (Lipinski definition) is 2. The maximum absolute atomic E-state index is 11.7. The summed E-state index contributed by atoms with van der Waals surface area (Å²) in [6.07, 6.45) is 0. The molecule has 0 aliphatic carbocycles. The summed E-state index contributed by atoms with van der Waals surface area (Å²) in [4.78, 5) is 11.7. The molecule has 0 saturated carbocycles. The molecule has 0 aromatic heterocycles. The van der Waals surface area contributed by atoms with E-state index < -0.39 is 5.97 Å². The lowest BCUT2D eigenvalue weighted by atomic mass is 10.1. The number of nitrogen functional groups attached to an aromatic ring is 1. The molecule has 0 fully saturated rings. The number of para-hydroxylation sites is 2. The summed E-state index contributed by atoms with van der Waals surface area (Å²) in [5.74, 6) is -0.416. The van der Waals surface area contributed by atoms with Gasteiger partial charge in [0.15, 0.2) is 0 Å². The van der Waals surface area contributed by atoms with Crippen LogP contribution in [-0.2, 0) is 4.74 Å². The minimum Gasteiger partial charge on any atom is -0.465 e. The molecule has 0 atom stereocenters. The van der Waals surface area contributed by atoms with Gasteiger partial charge in [0.2, 0.25) is 0 Å². The van der Waals surface area contributed by atoms with Gasteiger partial charge in [-0.3, -0.25) is 0 Å². The average Bonchev–Trinajstić information content (AvgIpc) is 2.41. The Balaban J connectivity index is 2.40. The summed E-state index contributed by atoms with van der Waals surface area (Å²) < 4.78 is 4.74. The number of carbonyl (C=O) groups excluding carboxylic acids is 1. The molecule has 92 valence electrons. The van der Waals surface area contributed by atoms with Crippen LogP contribution in [0.3, 0.4) is 0 Å². The molecule has 0 aliphatic heterocycles. The first-order valence-electron chi connectivity index (χ1n) is 5.51. The summed E-state index contributed by atoms with van der Waals surface area (Å²) in [6, 6.07) is 14.6. The Morgan fingerprint density at radius 1 is 1.11 bits per heavy atom. The van der Waals surface area contributed by atoms with Gasteiger partial charge in [-0.1, -0.05) is 24.3 Å². The monoisotopic (exact) mass is 242 g/mol. The summed E-state index contributed by atoms with van der Waals surface area (Å²) in [6.45, 7) is 0. The molecule has 0 spiro atoms. The minimum absolute atomic E-state index is 0.416. The van der Waals surface area contributed by atoms with Gasteiger partial charge in [-0.05, 0) is 24.3 Å². The van der Waals surface area contributed by atoms with Crippen molar-refractivity contribution in [2.24, 2.45) is 0 Å². The molecule has 4 nitrogen and oxygen atoms in total. The van der Waals surface area contributed by atoms with Crippen molar-refractivity contribution in [3.63, 3.8) is 0 Å².